The summed E-state index contributed by atoms with van der Waals surface area (Å²) in [6.07, 6.45) is 3.07. The van der Waals surface area contributed by atoms with Gasteiger partial charge in [0.25, 0.3) is 0 Å². The second kappa shape index (κ2) is 5.11. The molecule has 0 aromatic carbocycles. The number of hydrogen-bond donors (Lipinski definition) is 0. The molecule has 12 heavy (non-hydrogen) atoms. The van der Waals surface area contributed by atoms with Crippen LogP contribution in [0.2, 0.25) is 0 Å². The van der Waals surface area contributed by atoms with Crippen LogP contribution in [-0.2, 0) is 0 Å². The molecule has 1 saturated heterocycles. The van der Waals surface area contributed by atoms with Gasteiger partial charge in [-0.1, -0.05) is 24.6 Å². The van der Waals surface area contributed by atoms with Gasteiger partial charge in [-0.2, -0.15) is 0 Å². The zero-order chi connectivity index (χ0) is 8.97. The molecule has 1 nitrogen and oxygen atoms in total. The zero-order valence-corrected chi connectivity index (χ0v) is 8.85. The molecule has 0 bridgehead atoms. The van der Waals surface area contributed by atoms with Crippen LogP contribution in [0.5, 0.6) is 0 Å². The van der Waals surface area contributed by atoms with Crippen LogP contribution in [0, 0.1) is 5.92 Å². The Labute approximate surface area is 84.3 Å². The predicted molar refractivity (Wildman–Crippen MR) is 54.9 cm³/mol. The molecule has 0 spiro atoms. The number of nitrogens with zero attached hydrogens (tertiary/aromatic N) is 1. The zero-order valence-electron chi connectivity index (χ0n) is 7.34. The second-order valence-corrected chi connectivity index (χ2v) is 4.22. The molecule has 1 fully saturated rings. The molecule has 1 heterocycles. The van der Waals surface area contributed by atoms with E-state index >= 15 is 0 Å². The molecular weight excluding hydrogens is 193 g/mol. The quantitative estimate of drug-likeness (QED) is 0.630. The van der Waals surface area contributed by atoms with Crippen LogP contribution in [0.15, 0.2) is 11.6 Å². The van der Waals surface area contributed by atoms with E-state index in [1.165, 1.54) is 0 Å². The third-order valence-corrected chi connectivity index (χ3v) is 3.16. The number of rotatable bonds is 2. The maximum absolute atomic E-state index is 6.10. The average Bonchev–Trinajstić information content (AvgIpc) is 2.07. The lowest BCUT2D eigenvalue weighted by molar-refractivity contribution is 0.205. The van der Waals surface area contributed by atoms with E-state index in [-0.39, 0.29) is 0 Å². The first-order chi connectivity index (χ1) is 5.74. The molecule has 70 valence electrons. The standard InChI is InChI=1S/C9H15Cl2N/c1-8-7-12(5-2-4-10)6-3-9(8)11/h2,4,8-9H,3,5-7H2,1H3/b4-2+. The topological polar surface area (TPSA) is 3.24 Å². The van der Waals surface area contributed by atoms with Gasteiger partial charge in [0.2, 0.25) is 0 Å². The molecule has 0 aromatic rings. The first-order valence-corrected chi connectivity index (χ1v) is 5.23. The smallest absolute Gasteiger partial charge is 0.0386 e. The minimum Gasteiger partial charge on any atom is -0.299 e. The normalized spacial score (nSPS) is 32.9. The summed E-state index contributed by atoms with van der Waals surface area (Å²) in [4.78, 5) is 2.38. The van der Waals surface area contributed by atoms with Crippen molar-refractivity contribution in [3.05, 3.63) is 11.6 Å². The van der Waals surface area contributed by atoms with Gasteiger partial charge in [0, 0.05) is 24.0 Å². The fraction of sp³-hybridized carbons (Fsp3) is 0.778. The molecule has 0 aliphatic carbocycles. The van der Waals surface area contributed by atoms with Gasteiger partial charge in [-0.05, 0) is 18.9 Å². The van der Waals surface area contributed by atoms with E-state index in [1.807, 2.05) is 6.08 Å². The minimum atomic E-state index is 0.362. The highest BCUT2D eigenvalue weighted by atomic mass is 35.5. The fourth-order valence-electron chi connectivity index (χ4n) is 1.56. The van der Waals surface area contributed by atoms with Gasteiger partial charge in [-0.15, -0.1) is 11.6 Å². The van der Waals surface area contributed by atoms with Crippen molar-refractivity contribution < 1.29 is 0 Å². The summed E-state index contributed by atoms with van der Waals surface area (Å²) in [5.74, 6) is 0.601. The number of likely N-dealkylation sites (tertiary alicyclic amines) is 1. The van der Waals surface area contributed by atoms with E-state index in [0.29, 0.717) is 11.3 Å². The van der Waals surface area contributed by atoms with Gasteiger partial charge in [-0.3, -0.25) is 4.90 Å². The van der Waals surface area contributed by atoms with Crippen molar-refractivity contribution in [1.29, 1.82) is 0 Å². The van der Waals surface area contributed by atoms with Gasteiger partial charge in [-0.25, -0.2) is 0 Å². The molecular formula is C9H15Cl2N. The van der Waals surface area contributed by atoms with Crippen molar-refractivity contribution in [2.24, 2.45) is 5.92 Å². The summed E-state index contributed by atoms with van der Waals surface area (Å²) >= 11 is 11.5. The summed E-state index contributed by atoms with van der Waals surface area (Å²) in [6.45, 7) is 5.35. The van der Waals surface area contributed by atoms with Crippen LogP contribution >= 0.6 is 23.2 Å². The van der Waals surface area contributed by atoms with Gasteiger partial charge < -0.3 is 0 Å². The van der Waals surface area contributed by atoms with Crippen molar-refractivity contribution >= 4 is 23.2 Å². The summed E-state index contributed by atoms with van der Waals surface area (Å²) < 4.78 is 0. The molecule has 1 rings (SSSR count). The van der Waals surface area contributed by atoms with Crippen LogP contribution < -0.4 is 0 Å². The van der Waals surface area contributed by atoms with E-state index in [0.717, 1.165) is 26.1 Å². The number of halogens is 2. The largest absolute Gasteiger partial charge is 0.299 e. The SMILES string of the molecule is CC1CN(C/C=C/Cl)CCC1Cl. The van der Waals surface area contributed by atoms with Crippen molar-refractivity contribution in [1.82, 2.24) is 4.90 Å². The van der Waals surface area contributed by atoms with Crippen molar-refractivity contribution in [2.75, 3.05) is 19.6 Å². The maximum atomic E-state index is 6.10. The number of alkyl halides is 1. The lowest BCUT2D eigenvalue weighted by atomic mass is 10.00. The average molecular weight is 208 g/mol. The molecule has 0 aromatic heterocycles. The van der Waals surface area contributed by atoms with Crippen molar-refractivity contribution in [3.8, 4) is 0 Å². The summed E-state index contributed by atoms with van der Waals surface area (Å²) in [5, 5.41) is 0.362. The Kier molecular flexibility index (Phi) is 4.41. The van der Waals surface area contributed by atoms with Crippen LogP contribution in [0.3, 0.4) is 0 Å². The van der Waals surface area contributed by atoms with Gasteiger partial charge >= 0.3 is 0 Å². The molecule has 0 N–H and O–H groups in total. The summed E-state index contributed by atoms with van der Waals surface area (Å²) in [7, 11) is 0. The number of piperidine rings is 1. The Morgan fingerprint density at radius 3 is 2.92 bits per heavy atom. The maximum Gasteiger partial charge on any atom is 0.0386 e. The van der Waals surface area contributed by atoms with Gasteiger partial charge in [0.05, 0.1) is 0 Å². The number of hydrogen-bond acceptors (Lipinski definition) is 1. The fourth-order valence-corrected chi connectivity index (χ4v) is 1.82. The highest BCUT2D eigenvalue weighted by molar-refractivity contribution is 6.25. The van der Waals surface area contributed by atoms with Crippen LogP contribution in [0.1, 0.15) is 13.3 Å². The van der Waals surface area contributed by atoms with E-state index < -0.39 is 0 Å². The third-order valence-electron chi connectivity index (χ3n) is 2.34. The van der Waals surface area contributed by atoms with E-state index in [1.54, 1.807) is 5.54 Å². The first kappa shape index (κ1) is 10.4. The minimum absolute atomic E-state index is 0.362. The molecule has 2 unspecified atom stereocenters. The predicted octanol–water partition coefficient (Wildman–Crippen LogP) is 2.69. The van der Waals surface area contributed by atoms with Crippen LogP contribution in [-0.4, -0.2) is 29.9 Å². The van der Waals surface area contributed by atoms with Crippen LogP contribution in [0.25, 0.3) is 0 Å². The lowest BCUT2D eigenvalue weighted by Crippen LogP contribution is -2.39. The van der Waals surface area contributed by atoms with Gasteiger partial charge in [0.15, 0.2) is 0 Å². The Morgan fingerprint density at radius 2 is 2.33 bits per heavy atom. The molecule has 3 heteroatoms. The monoisotopic (exact) mass is 207 g/mol. The Morgan fingerprint density at radius 1 is 1.58 bits per heavy atom. The second-order valence-electron chi connectivity index (χ2n) is 3.40. The molecule has 0 amide bonds. The Balaban J connectivity index is 2.30. The first-order valence-electron chi connectivity index (χ1n) is 4.35. The molecule has 0 saturated carbocycles. The van der Waals surface area contributed by atoms with Gasteiger partial charge in [0.1, 0.15) is 0 Å². The molecule has 1 aliphatic heterocycles. The Bertz CT molecular complexity index is 159. The van der Waals surface area contributed by atoms with E-state index in [2.05, 4.69) is 11.8 Å². The molecule has 2 atom stereocenters. The highest BCUT2D eigenvalue weighted by Crippen LogP contribution is 2.21. The van der Waals surface area contributed by atoms with Crippen molar-refractivity contribution in [2.45, 2.75) is 18.7 Å². The third kappa shape index (κ3) is 2.96. The van der Waals surface area contributed by atoms with E-state index in [4.69, 9.17) is 23.2 Å². The van der Waals surface area contributed by atoms with E-state index in [9.17, 15) is 0 Å². The summed E-state index contributed by atoms with van der Waals surface area (Å²) in [6, 6.07) is 0. The van der Waals surface area contributed by atoms with Crippen LogP contribution in [0.4, 0.5) is 0 Å². The Hall–Kier alpha value is 0.280. The molecule has 1 aliphatic rings. The molecule has 0 radical (unpaired) electrons. The lowest BCUT2D eigenvalue weighted by Gasteiger charge is -2.33. The highest BCUT2D eigenvalue weighted by Gasteiger charge is 2.22. The van der Waals surface area contributed by atoms with Crippen molar-refractivity contribution in [3.63, 3.8) is 0 Å². The summed E-state index contributed by atoms with van der Waals surface area (Å²) in [5.41, 5.74) is 1.58.